The molecule has 0 unspecified atom stereocenters. The van der Waals surface area contributed by atoms with Crippen LogP contribution in [0.1, 0.15) is 5.82 Å². The minimum atomic E-state index is -3.92. The Morgan fingerprint density at radius 1 is 1.79 bits per heavy atom. The summed E-state index contributed by atoms with van der Waals surface area (Å²) < 4.78 is 25.8. The van der Waals surface area contributed by atoms with Crippen LogP contribution in [-0.4, -0.2) is 31.8 Å². The standard InChI is InChI=1S/C6H4F2N4O2/c7-6(8,5(13)14)2-12-3-10-4(1-9)11-12/h3H,2H2,(H,13,14). The third kappa shape index (κ3) is 2.01. The summed E-state index contributed by atoms with van der Waals surface area (Å²) in [5.74, 6) is -6.45. The molecule has 1 rings (SSSR count). The van der Waals surface area contributed by atoms with Crippen molar-refractivity contribution in [2.24, 2.45) is 0 Å². The molecule has 6 nitrogen and oxygen atoms in total. The van der Waals surface area contributed by atoms with Crippen molar-refractivity contribution in [3.63, 3.8) is 0 Å². The number of carboxylic acid groups (broad SMARTS) is 1. The lowest BCUT2D eigenvalue weighted by molar-refractivity contribution is -0.167. The fourth-order valence-electron chi connectivity index (χ4n) is 0.693. The highest BCUT2D eigenvalue weighted by Gasteiger charge is 2.39. The highest BCUT2D eigenvalue weighted by atomic mass is 19.3. The Bertz CT molecular complexity index is 395. The van der Waals surface area contributed by atoms with Crippen LogP contribution in [0.15, 0.2) is 6.33 Å². The molecule has 0 bridgehead atoms. The fraction of sp³-hybridized carbons (Fsp3) is 0.333. The molecule has 0 saturated carbocycles. The molecule has 14 heavy (non-hydrogen) atoms. The van der Waals surface area contributed by atoms with E-state index >= 15 is 0 Å². The quantitative estimate of drug-likeness (QED) is 0.736. The number of aromatic nitrogens is 3. The molecular formula is C6H4F2N4O2. The first kappa shape index (κ1) is 10.0. The number of aliphatic carboxylic acids is 1. The van der Waals surface area contributed by atoms with Crippen molar-refractivity contribution < 1.29 is 18.7 Å². The van der Waals surface area contributed by atoms with E-state index in [1.54, 1.807) is 0 Å². The first-order chi connectivity index (χ1) is 6.45. The second-order valence-electron chi connectivity index (χ2n) is 2.39. The molecule has 0 spiro atoms. The van der Waals surface area contributed by atoms with E-state index in [1.165, 1.54) is 6.07 Å². The van der Waals surface area contributed by atoms with Gasteiger partial charge in [0, 0.05) is 0 Å². The molecule has 1 heterocycles. The number of hydrogen-bond acceptors (Lipinski definition) is 4. The van der Waals surface area contributed by atoms with Crippen LogP contribution in [0.3, 0.4) is 0 Å². The maximum absolute atomic E-state index is 12.6. The first-order valence-electron chi connectivity index (χ1n) is 3.36. The van der Waals surface area contributed by atoms with Crippen LogP contribution in [-0.2, 0) is 11.3 Å². The molecule has 0 amide bonds. The lowest BCUT2D eigenvalue weighted by atomic mass is 10.3. The van der Waals surface area contributed by atoms with Gasteiger partial charge in [-0.3, -0.25) is 0 Å². The fourth-order valence-corrected chi connectivity index (χ4v) is 0.693. The van der Waals surface area contributed by atoms with Crippen molar-refractivity contribution in [1.82, 2.24) is 14.8 Å². The number of halogens is 2. The SMILES string of the molecule is N#Cc1ncn(CC(F)(F)C(=O)O)n1. The summed E-state index contributed by atoms with van der Waals surface area (Å²) in [7, 11) is 0. The predicted molar refractivity (Wildman–Crippen MR) is 37.3 cm³/mol. The minimum Gasteiger partial charge on any atom is -0.477 e. The Kier molecular flexibility index (Phi) is 2.42. The summed E-state index contributed by atoms with van der Waals surface area (Å²) in [4.78, 5) is 13.4. The molecule has 1 N–H and O–H groups in total. The van der Waals surface area contributed by atoms with Crippen molar-refractivity contribution in [3.8, 4) is 6.07 Å². The van der Waals surface area contributed by atoms with Gasteiger partial charge in [-0.25, -0.2) is 14.5 Å². The second-order valence-corrected chi connectivity index (χ2v) is 2.39. The maximum atomic E-state index is 12.6. The zero-order valence-corrected chi connectivity index (χ0v) is 6.68. The number of hydrogen-bond donors (Lipinski definition) is 1. The van der Waals surface area contributed by atoms with E-state index in [4.69, 9.17) is 10.4 Å². The summed E-state index contributed by atoms with van der Waals surface area (Å²) in [5, 5.41) is 19.7. The van der Waals surface area contributed by atoms with Gasteiger partial charge in [-0.05, 0) is 0 Å². The number of carbonyl (C=O) groups is 1. The van der Waals surface area contributed by atoms with Crippen molar-refractivity contribution in [2.75, 3.05) is 0 Å². The molecule has 0 aliphatic carbocycles. The third-order valence-electron chi connectivity index (χ3n) is 1.31. The Labute approximate surface area is 76.4 Å². The Balaban J connectivity index is 2.79. The molecule has 0 aliphatic rings. The molecule has 0 aromatic carbocycles. The number of rotatable bonds is 3. The van der Waals surface area contributed by atoms with Crippen molar-refractivity contribution >= 4 is 5.97 Å². The Morgan fingerprint density at radius 3 is 2.86 bits per heavy atom. The van der Waals surface area contributed by atoms with Crippen molar-refractivity contribution in [1.29, 1.82) is 5.26 Å². The molecule has 74 valence electrons. The van der Waals surface area contributed by atoms with Crippen LogP contribution in [0.2, 0.25) is 0 Å². The van der Waals surface area contributed by atoms with Crippen molar-refractivity contribution in [2.45, 2.75) is 12.5 Å². The van der Waals surface area contributed by atoms with E-state index in [2.05, 4.69) is 10.1 Å². The maximum Gasteiger partial charge on any atom is 0.376 e. The number of nitriles is 1. The summed E-state index contributed by atoms with van der Waals surface area (Å²) >= 11 is 0. The van der Waals surface area contributed by atoms with Gasteiger partial charge in [0.15, 0.2) is 0 Å². The topological polar surface area (TPSA) is 91.8 Å². The van der Waals surface area contributed by atoms with Gasteiger partial charge in [-0.15, -0.1) is 5.10 Å². The molecule has 0 fully saturated rings. The average molecular weight is 202 g/mol. The van der Waals surface area contributed by atoms with Gasteiger partial charge in [-0.1, -0.05) is 0 Å². The van der Waals surface area contributed by atoms with Crippen LogP contribution in [0.5, 0.6) is 0 Å². The van der Waals surface area contributed by atoms with Gasteiger partial charge >= 0.3 is 11.9 Å². The molecular weight excluding hydrogens is 198 g/mol. The molecule has 1 aromatic heterocycles. The van der Waals surface area contributed by atoms with Gasteiger partial charge in [-0.2, -0.15) is 14.0 Å². The summed E-state index contributed by atoms with van der Waals surface area (Å²) in [6, 6.07) is 1.53. The van der Waals surface area contributed by atoms with E-state index in [9.17, 15) is 13.6 Å². The van der Waals surface area contributed by atoms with Crippen LogP contribution in [0, 0.1) is 11.3 Å². The lowest BCUT2D eigenvalue weighted by Gasteiger charge is -2.09. The lowest BCUT2D eigenvalue weighted by Crippen LogP contribution is -2.33. The van der Waals surface area contributed by atoms with Gasteiger partial charge in [0.2, 0.25) is 0 Å². The van der Waals surface area contributed by atoms with E-state index in [-0.39, 0.29) is 5.82 Å². The van der Waals surface area contributed by atoms with E-state index in [0.29, 0.717) is 4.68 Å². The number of nitrogens with zero attached hydrogens (tertiary/aromatic N) is 4. The van der Waals surface area contributed by atoms with Gasteiger partial charge in [0.25, 0.3) is 5.82 Å². The average Bonchev–Trinajstić information content (AvgIpc) is 2.51. The molecule has 8 heteroatoms. The Morgan fingerprint density at radius 2 is 2.43 bits per heavy atom. The van der Waals surface area contributed by atoms with Crippen LogP contribution in [0.25, 0.3) is 0 Å². The van der Waals surface area contributed by atoms with Crippen LogP contribution < -0.4 is 0 Å². The van der Waals surface area contributed by atoms with Crippen molar-refractivity contribution in [3.05, 3.63) is 12.2 Å². The number of alkyl halides is 2. The summed E-state index contributed by atoms with van der Waals surface area (Å²) in [6.07, 6.45) is 0.870. The second kappa shape index (κ2) is 3.37. The third-order valence-corrected chi connectivity index (χ3v) is 1.31. The van der Waals surface area contributed by atoms with Gasteiger partial charge < -0.3 is 5.11 Å². The highest BCUT2D eigenvalue weighted by Crippen LogP contribution is 2.15. The first-order valence-corrected chi connectivity index (χ1v) is 3.36. The van der Waals surface area contributed by atoms with Crippen LogP contribution in [0.4, 0.5) is 8.78 Å². The zero-order valence-electron chi connectivity index (χ0n) is 6.68. The minimum absolute atomic E-state index is 0.286. The van der Waals surface area contributed by atoms with E-state index in [0.717, 1.165) is 6.33 Å². The molecule has 1 aromatic rings. The normalized spacial score (nSPS) is 10.9. The zero-order chi connectivity index (χ0) is 10.8. The predicted octanol–water partition coefficient (Wildman–Crippen LogP) is -0.130. The number of carboxylic acids is 1. The van der Waals surface area contributed by atoms with Gasteiger partial charge in [0.05, 0.1) is 0 Å². The van der Waals surface area contributed by atoms with E-state index in [1.807, 2.05) is 0 Å². The van der Waals surface area contributed by atoms with E-state index < -0.39 is 18.4 Å². The highest BCUT2D eigenvalue weighted by molar-refractivity contribution is 5.75. The molecule has 0 aliphatic heterocycles. The molecule has 0 saturated heterocycles. The van der Waals surface area contributed by atoms with Gasteiger partial charge in [0.1, 0.15) is 18.9 Å². The Hall–Kier alpha value is -2.04. The largest absolute Gasteiger partial charge is 0.477 e. The van der Waals surface area contributed by atoms with Crippen LogP contribution >= 0.6 is 0 Å². The molecule has 0 radical (unpaired) electrons. The molecule has 0 atom stereocenters. The monoisotopic (exact) mass is 202 g/mol. The summed E-state index contributed by atoms with van der Waals surface area (Å²) in [6.45, 7) is -1.14. The smallest absolute Gasteiger partial charge is 0.376 e. The summed E-state index contributed by atoms with van der Waals surface area (Å²) in [5.41, 5.74) is 0.